The molecule has 3 nitrogen and oxygen atoms in total. The Morgan fingerprint density at radius 1 is 1.53 bits per heavy atom. The van der Waals surface area contributed by atoms with Crippen molar-refractivity contribution < 1.29 is 14.6 Å². The van der Waals surface area contributed by atoms with Crippen LogP contribution in [0.5, 0.6) is 5.75 Å². The molecule has 0 saturated carbocycles. The number of carboxylic acid groups (broad SMARTS) is 1. The second-order valence-electron chi connectivity index (χ2n) is 3.67. The molecule has 1 N–H and O–H groups in total. The molecule has 0 aliphatic rings. The first-order valence-electron chi connectivity index (χ1n) is 5.57. The molecule has 88 valence electrons. The number of carbonyl (C=O) groups is 1. The fourth-order valence-electron chi connectivity index (χ4n) is 1.32. The summed E-state index contributed by atoms with van der Waals surface area (Å²) in [5.41, 5.74) is 1.27. The molecule has 1 aromatic rings. The molecule has 0 bridgehead atoms. The fourth-order valence-corrected chi connectivity index (χ4v) is 1.32. The summed E-state index contributed by atoms with van der Waals surface area (Å²) in [6.45, 7) is 2.70. The van der Waals surface area contributed by atoms with Crippen LogP contribution in [0.25, 0.3) is 6.08 Å². The van der Waals surface area contributed by atoms with Crippen LogP contribution in [0.2, 0.25) is 0 Å². The zero-order valence-electron chi connectivity index (χ0n) is 9.85. The second-order valence-corrected chi connectivity index (χ2v) is 3.67. The normalized spacial score (nSPS) is 10.6. The molecule has 0 amide bonds. The summed E-state index contributed by atoms with van der Waals surface area (Å²) in [6, 6.07) is 5.19. The number of aliphatic carboxylic acids is 1. The monoisotopic (exact) mass is 230 g/mol. The van der Waals surface area contributed by atoms with E-state index in [4.69, 9.17) is 17.7 Å². The van der Waals surface area contributed by atoms with Crippen LogP contribution in [0.1, 0.15) is 25.3 Å². The smallest absolute Gasteiger partial charge is 0.328 e. The fraction of sp³-hybridized carbons (Fsp3) is 0.308. The van der Waals surface area contributed by atoms with Gasteiger partial charge >= 0.3 is 5.97 Å². The van der Waals surface area contributed by atoms with Gasteiger partial charge in [0.05, 0.1) is 6.61 Å². The lowest BCUT2D eigenvalue weighted by molar-refractivity contribution is -0.131. The van der Waals surface area contributed by atoms with Gasteiger partial charge < -0.3 is 9.84 Å². The lowest BCUT2D eigenvalue weighted by Crippen LogP contribution is -2.05. The van der Waals surface area contributed by atoms with E-state index in [1.807, 2.05) is 0 Å². The molecule has 0 aromatic heterocycles. The van der Waals surface area contributed by atoms with Gasteiger partial charge in [-0.3, -0.25) is 0 Å². The molecule has 2 radical (unpaired) electrons. The average Bonchev–Trinajstić information content (AvgIpc) is 2.29. The molecule has 17 heavy (non-hydrogen) atoms. The van der Waals surface area contributed by atoms with Gasteiger partial charge in [0.1, 0.15) is 13.6 Å². The quantitative estimate of drug-likeness (QED) is 0.460. The van der Waals surface area contributed by atoms with Gasteiger partial charge in [-0.25, -0.2) is 4.79 Å². The van der Waals surface area contributed by atoms with E-state index in [1.54, 1.807) is 18.2 Å². The first-order chi connectivity index (χ1) is 8.13. The maximum absolute atomic E-state index is 10.5. The van der Waals surface area contributed by atoms with Gasteiger partial charge in [0, 0.05) is 11.6 Å². The molecule has 0 saturated heterocycles. The highest BCUT2D eigenvalue weighted by Crippen LogP contribution is 2.18. The highest BCUT2D eigenvalue weighted by atomic mass is 16.5. The molecular weight excluding hydrogens is 215 g/mol. The SMILES string of the molecule is [B]c1ccc(OCCCC)c(/C=C/C(=O)O)c1. The Morgan fingerprint density at radius 2 is 2.29 bits per heavy atom. The Labute approximate surface area is 103 Å². The Hall–Kier alpha value is -1.71. The van der Waals surface area contributed by atoms with Crippen LogP contribution in [-0.2, 0) is 4.79 Å². The number of hydrogen-bond donors (Lipinski definition) is 1. The standard InChI is InChI=1S/C13H15BO3/c1-2-3-8-17-12-6-5-11(14)9-10(12)4-7-13(15)16/h4-7,9H,2-3,8H2,1H3,(H,15,16)/b7-4+. The molecular formula is C13H15BO3. The van der Waals surface area contributed by atoms with Gasteiger partial charge in [-0.05, 0) is 18.6 Å². The number of unbranched alkanes of at least 4 members (excludes halogenated alkanes) is 1. The van der Waals surface area contributed by atoms with Crippen LogP contribution < -0.4 is 10.2 Å². The third kappa shape index (κ3) is 4.77. The van der Waals surface area contributed by atoms with Gasteiger partial charge in [-0.15, -0.1) is 0 Å². The Bertz CT molecular complexity index is 413. The van der Waals surface area contributed by atoms with Gasteiger partial charge in [-0.2, -0.15) is 0 Å². The Kier molecular flexibility index (Phi) is 5.33. The van der Waals surface area contributed by atoms with Crippen LogP contribution >= 0.6 is 0 Å². The summed E-state index contributed by atoms with van der Waals surface area (Å²) in [5, 5.41) is 8.59. The molecule has 0 fully saturated rings. The van der Waals surface area contributed by atoms with Crippen molar-refractivity contribution in [2.75, 3.05) is 6.61 Å². The summed E-state index contributed by atoms with van der Waals surface area (Å²) in [4.78, 5) is 10.5. The van der Waals surface area contributed by atoms with Crippen molar-refractivity contribution in [2.24, 2.45) is 0 Å². The predicted molar refractivity (Wildman–Crippen MR) is 68.9 cm³/mol. The van der Waals surface area contributed by atoms with Crippen molar-refractivity contribution in [1.29, 1.82) is 0 Å². The molecule has 0 unspecified atom stereocenters. The molecule has 4 heteroatoms. The molecule has 1 aromatic carbocycles. The highest BCUT2D eigenvalue weighted by Gasteiger charge is 2.01. The summed E-state index contributed by atoms with van der Waals surface area (Å²) in [6.07, 6.45) is 4.57. The zero-order chi connectivity index (χ0) is 12.7. The first-order valence-corrected chi connectivity index (χ1v) is 5.57. The van der Waals surface area contributed by atoms with Crippen molar-refractivity contribution in [3.8, 4) is 5.75 Å². The summed E-state index contributed by atoms with van der Waals surface area (Å²) in [7, 11) is 5.65. The van der Waals surface area contributed by atoms with Crippen molar-refractivity contribution in [3.63, 3.8) is 0 Å². The van der Waals surface area contributed by atoms with Crippen LogP contribution in [0.15, 0.2) is 24.3 Å². The number of rotatable bonds is 6. The van der Waals surface area contributed by atoms with Crippen LogP contribution in [0.4, 0.5) is 0 Å². The van der Waals surface area contributed by atoms with Crippen LogP contribution in [-0.4, -0.2) is 25.5 Å². The van der Waals surface area contributed by atoms with E-state index >= 15 is 0 Å². The maximum Gasteiger partial charge on any atom is 0.328 e. The van der Waals surface area contributed by atoms with Crippen molar-refractivity contribution >= 4 is 25.4 Å². The van der Waals surface area contributed by atoms with Crippen molar-refractivity contribution in [1.82, 2.24) is 0 Å². The van der Waals surface area contributed by atoms with E-state index in [0.717, 1.165) is 18.9 Å². The minimum atomic E-state index is -0.994. The number of carboxylic acids is 1. The summed E-state index contributed by atoms with van der Waals surface area (Å²) < 4.78 is 5.57. The number of benzene rings is 1. The zero-order valence-corrected chi connectivity index (χ0v) is 9.85. The number of ether oxygens (including phenoxy) is 1. The van der Waals surface area contributed by atoms with E-state index in [1.165, 1.54) is 6.08 Å². The van der Waals surface area contributed by atoms with E-state index in [-0.39, 0.29) is 0 Å². The molecule has 0 aliphatic heterocycles. The molecule has 0 aliphatic carbocycles. The van der Waals surface area contributed by atoms with E-state index in [0.29, 0.717) is 23.4 Å². The Morgan fingerprint density at radius 3 is 2.94 bits per heavy atom. The molecule has 0 spiro atoms. The average molecular weight is 230 g/mol. The van der Waals surface area contributed by atoms with Crippen molar-refractivity contribution in [2.45, 2.75) is 19.8 Å². The molecule has 0 atom stereocenters. The van der Waals surface area contributed by atoms with Gasteiger partial charge in [0.25, 0.3) is 0 Å². The first kappa shape index (κ1) is 13.4. The predicted octanol–water partition coefficient (Wildman–Crippen LogP) is 1.76. The van der Waals surface area contributed by atoms with Gasteiger partial charge in [0.2, 0.25) is 0 Å². The van der Waals surface area contributed by atoms with Crippen LogP contribution in [0.3, 0.4) is 0 Å². The third-order valence-corrected chi connectivity index (χ3v) is 2.19. The van der Waals surface area contributed by atoms with E-state index in [9.17, 15) is 4.79 Å². The topological polar surface area (TPSA) is 46.5 Å². The second kappa shape index (κ2) is 6.79. The molecule has 1 rings (SSSR count). The minimum absolute atomic E-state index is 0.581. The third-order valence-electron chi connectivity index (χ3n) is 2.19. The van der Waals surface area contributed by atoms with E-state index in [2.05, 4.69) is 6.92 Å². The van der Waals surface area contributed by atoms with Gasteiger partial charge in [0.15, 0.2) is 0 Å². The maximum atomic E-state index is 10.5. The van der Waals surface area contributed by atoms with Gasteiger partial charge in [-0.1, -0.05) is 30.9 Å². The Balaban J connectivity index is 2.83. The summed E-state index contributed by atoms with van der Waals surface area (Å²) >= 11 is 0. The summed E-state index contributed by atoms with van der Waals surface area (Å²) in [5.74, 6) is -0.336. The van der Waals surface area contributed by atoms with Crippen LogP contribution in [0, 0.1) is 0 Å². The minimum Gasteiger partial charge on any atom is -0.493 e. The van der Waals surface area contributed by atoms with Crippen molar-refractivity contribution in [3.05, 3.63) is 29.8 Å². The lowest BCUT2D eigenvalue weighted by atomic mass is 9.94. The lowest BCUT2D eigenvalue weighted by Gasteiger charge is -2.09. The number of hydrogen-bond acceptors (Lipinski definition) is 2. The van der Waals surface area contributed by atoms with E-state index < -0.39 is 5.97 Å². The highest BCUT2D eigenvalue weighted by molar-refractivity contribution is 6.32. The largest absolute Gasteiger partial charge is 0.493 e. The molecule has 0 heterocycles.